The highest BCUT2D eigenvalue weighted by Crippen LogP contribution is 2.26. The molecule has 0 saturated carbocycles. The molecule has 0 atom stereocenters. The van der Waals surface area contributed by atoms with Gasteiger partial charge >= 0.3 is 5.97 Å². The Hall–Kier alpha value is -3.15. The minimum atomic E-state index is -0.379. The highest BCUT2D eigenvalue weighted by Gasteiger charge is 2.12. The second-order valence-corrected chi connectivity index (χ2v) is 4.76. The highest BCUT2D eigenvalue weighted by atomic mass is 16.5. The van der Waals surface area contributed by atoms with Crippen molar-refractivity contribution in [2.45, 2.75) is 0 Å². The van der Waals surface area contributed by atoms with Crippen molar-refractivity contribution in [3.63, 3.8) is 0 Å². The molecule has 2 heterocycles. The van der Waals surface area contributed by atoms with E-state index in [1.54, 1.807) is 49.8 Å². The maximum absolute atomic E-state index is 11.9. The molecular formula is C17H15N3O3. The van der Waals surface area contributed by atoms with Crippen molar-refractivity contribution in [2.75, 3.05) is 19.5 Å². The molecule has 3 aromatic rings. The average Bonchev–Trinajstić information content (AvgIpc) is 2.61. The average molecular weight is 309 g/mol. The smallest absolute Gasteiger partial charge is 0.338 e. The molecule has 0 radical (unpaired) electrons. The molecule has 6 nitrogen and oxygen atoms in total. The molecule has 23 heavy (non-hydrogen) atoms. The Morgan fingerprint density at radius 3 is 2.61 bits per heavy atom. The fourth-order valence-corrected chi connectivity index (χ4v) is 2.29. The summed E-state index contributed by atoms with van der Waals surface area (Å²) in [6.07, 6.45) is 3.26. The van der Waals surface area contributed by atoms with Crippen LogP contribution in [-0.2, 0) is 4.74 Å². The van der Waals surface area contributed by atoms with E-state index in [-0.39, 0.29) is 5.97 Å². The standard InChI is InChI=1S/C17H15N3O3/c1-22-11-6-7-15(19-10-11)20-16-13-4-3-5-14(17(21)23-2)12(13)8-9-18-16/h3-10H,1-2H3,(H,18,19,20). The van der Waals surface area contributed by atoms with E-state index in [1.165, 1.54) is 7.11 Å². The highest BCUT2D eigenvalue weighted by molar-refractivity contribution is 6.07. The van der Waals surface area contributed by atoms with Crippen LogP contribution in [0.3, 0.4) is 0 Å². The molecule has 0 amide bonds. The zero-order chi connectivity index (χ0) is 16.2. The molecular weight excluding hydrogens is 294 g/mol. The maximum atomic E-state index is 11.9. The number of nitrogens with one attached hydrogen (secondary N) is 1. The first-order chi connectivity index (χ1) is 11.2. The van der Waals surface area contributed by atoms with Crippen LogP contribution in [-0.4, -0.2) is 30.2 Å². The van der Waals surface area contributed by atoms with Gasteiger partial charge in [0.25, 0.3) is 0 Å². The van der Waals surface area contributed by atoms with E-state index in [4.69, 9.17) is 9.47 Å². The van der Waals surface area contributed by atoms with Crippen LogP contribution in [0.25, 0.3) is 10.8 Å². The largest absolute Gasteiger partial charge is 0.495 e. The number of carbonyl (C=O) groups is 1. The van der Waals surface area contributed by atoms with Crippen LogP contribution in [0.15, 0.2) is 48.8 Å². The van der Waals surface area contributed by atoms with Crippen molar-refractivity contribution in [2.24, 2.45) is 0 Å². The minimum Gasteiger partial charge on any atom is -0.495 e. The summed E-state index contributed by atoms with van der Waals surface area (Å²) in [5.74, 6) is 1.55. The molecule has 0 aliphatic carbocycles. The number of carbonyl (C=O) groups excluding carboxylic acids is 1. The fraction of sp³-hybridized carbons (Fsp3) is 0.118. The van der Waals surface area contributed by atoms with E-state index >= 15 is 0 Å². The van der Waals surface area contributed by atoms with E-state index in [0.29, 0.717) is 22.9 Å². The van der Waals surface area contributed by atoms with Crippen molar-refractivity contribution >= 4 is 28.4 Å². The van der Waals surface area contributed by atoms with Crippen molar-refractivity contribution in [1.82, 2.24) is 9.97 Å². The number of hydrogen-bond acceptors (Lipinski definition) is 6. The summed E-state index contributed by atoms with van der Waals surface area (Å²) in [5, 5.41) is 4.73. The number of ether oxygens (including phenoxy) is 2. The summed E-state index contributed by atoms with van der Waals surface area (Å²) in [7, 11) is 2.95. The minimum absolute atomic E-state index is 0.379. The number of rotatable bonds is 4. The van der Waals surface area contributed by atoms with Gasteiger partial charge in [0.1, 0.15) is 17.4 Å². The number of anilines is 2. The number of esters is 1. The Morgan fingerprint density at radius 2 is 1.91 bits per heavy atom. The number of methoxy groups -OCH3 is 2. The lowest BCUT2D eigenvalue weighted by Gasteiger charge is -2.10. The SMILES string of the molecule is COC(=O)c1cccc2c(Nc3ccc(OC)cn3)nccc12. The van der Waals surface area contributed by atoms with Crippen molar-refractivity contribution in [3.8, 4) is 5.75 Å². The van der Waals surface area contributed by atoms with Crippen molar-refractivity contribution < 1.29 is 14.3 Å². The van der Waals surface area contributed by atoms with E-state index in [0.717, 1.165) is 10.8 Å². The van der Waals surface area contributed by atoms with Crippen LogP contribution in [0.5, 0.6) is 5.75 Å². The summed E-state index contributed by atoms with van der Waals surface area (Å²) in [4.78, 5) is 20.5. The topological polar surface area (TPSA) is 73.3 Å². The molecule has 0 unspecified atom stereocenters. The van der Waals surface area contributed by atoms with E-state index in [2.05, 4.69) is 15.3 Å². The van der Waals surface area contributed by atoms with Crippen LogP contribution >= 0.6 is 0 Å². The predicted molar refractivity (Wildman–Crippen MR) is 87.2 cm³/mol. The number of nitrogens with zero attached hydrogens (tertiary/aromatic N) is 2. The zero-order valence-corrected chi connectivity index (χ0v) is 12.7. The predicted octanol–water partition coefficient (Wildman–Crippen LogP) is 3.17. The lowest BCUT2D eigenvalue weighted by atomic mass is 10.1. The second-order valence-electron chi connectivity index (χ2n) is 4.76. The first-order valence-corrected chi connectivity index (χ1v) is 6.96. The summed E-state index contributed by atoms with van der Waals surface area (Å²) >= 11 is 0. The van der Waals surface area contributed by atoms with Crippen LogP contribution in [0.2, 0.25) is 0 Å². The van der Waals surface area contributed by atoms with Gasteiger partial charge in [-0.05, 0) is 24.3 Å². The molecule has 1 N–H and O–H groups in total. The van der Waals surface area contributed by atoms with E-state index in [1.807, 2.05) is 6.07 Å². The molecule has 0 aliphatic heterocycles. The summed E-state index contributed by atoms with van der Waals surface area (Å²) < 4.78 is 9.91. The Labute approximate surface area is 133 Å². The summed E-state index contributed by atoms with van der Waals surface area (Å²) in [6, 6.07) is 10.8. The Bertz CT molecular complexity index is 847. The molecule has 0 spiro atoms. The zero-order valence-electron chi connectivity index (χ0n) is 12.7. The van der Waals surface area contributed by atoms with Gasteiger partial charge in [-0.1, -0.05) is 12.1 Å². The lowest BCUT2D eigenvalue weighted by Crippen LogP contribution is -2.03. The van der Waals surface area contributed by atoms with Gasteiger partial charge in [-0.3, -0.25) is 0 Å². The second kappa shape index (κ2) is 6.31. The van der Waals surface area contributed by atoms with E-state index in [9.17, 15) is 4.79 Å². The van der Waals surface area contributed by atoms with Gasteiger partial charge in [0.2, 0.25) is 0 Å². The molecule has 116 valence electrons. The van der Waals surface area contributed by atoms with Gasteiger partial charge in [0.15, 0.2) is 0 Å². The number of benzene rings is 1. The summed E-state index contributed by atoms with van der Waals surface area (Å²) in [5.41, 5.74) is 0.498. The van der Waals surface area contributed by atoms with Crippen LogP contribution < -0.4 is 10.1 Å². The van der Waals surface area contributed by atoms with Crippen molar-refractivity contribution in [1.29, 1.82) is 0 Å². The number of fused-ring (bicyclic) bond motifs is 1. The van der Waals surface area contributed by atoms with Gasteiger partial charge < -0.3 is 14.8 Å². The fourth-order valence-electron chi connectivity index (χ4n) is 2.29. The van der Waals surface area contributed by atoms with Gasteiger partial charge in [-0.25, -0.2) is 14.8 Å². The van der Waals surface area contributed by atoms with Gasteiger partial charge in [0.05, 0.1) is 26.0 Å². The van der Waals surface area contributed by atoms with E-state index < -0.39 is 0 Å². The monoisotopic (exact) mass is 309 g/mol. The molecule has 0 fully saturated rings. The van der Waals surface area contributed by atoms with Gasteiger partial charge in [0, 0.05) is 17.0 Å². The quantitative estimate of drug-likeness (QED) is 0.746. The molecule has 0 bridgehead atoms. The third kappa shape index (κ3) is 2.91. The van der Waals surface area contributed by atoms with Crippen LogP contribution in [0, 0.1) is 0 Å². The number of hydrogen-bond donors (Lipinski definition) is 1. The normalized spacial score (nSPS) is 10.3. The molecule has 6 heteroatoms. The third-order valence-corrected chi connectivity index (χ3v) is 3.43. The molecule has 3 rings (SSSR count). The molecule has 2 aromatic heterocycles. The Balaban J connectivity index is 2.02. The van der Waals surface area contributed by atoms with Gasteiger partial charge in [-0.15, -0.1) is 0 Å². The number of aromatic nitrogens is 2. The summed E-state index contributed by atoms with van der Waals surface area (Å²) in [6.45, 7) is 0. The van der Waals surface area contributed by atoms with Gasteiger partial charge in [-0.2, -0.15) is 0 Å². The molecule has 0 saturated heterocycles. The Morgan fingerprint density at radius 1 is 1.04 bits per heavy atom. The first-order valence-electron chi connectivity index (χ1n) is 6.96. The van der Waals surface area contributed by atoms with Crippen LogP contribution in [0.4, 0.5) is 11.6 Å². The first kappa shape index (κ1) is 14.8. The molecule has 1 aromatic carbocycles. The lowest BCUT2D eigenvalue weighted by molar-refractivity contribution is 0.0603. The van der Waals surface area contributed by atoms with Crippen molar-refractivity contribution in [3.05, 3.63) is 54.4 Å². The molecule has 0 aliphatic rings. The number of pyridine rings is 2. The maximum Gasteiger partial charge on any atom is 0.338 e. The Kier molecular flexibility index (Phi) is 4.05. The third-order valence-electron chi connectivity index (χ3n) is 3.43. The van der Waals surface area contributed by atoms with Crippen LogP contribution in [0.1, 0.15) is 10.4 Å².